The second-order valence-electron chi connectivity index (χ2n) is 5.33. The van der Waals surface area contributed by atoms with Crippen molar-refractivity contribution < 1.29 is 4.79 Å². The molecule has 1 aromatic heterocycles. The Morgan fingerprint density at radius 2 is 2.17 bits per heavy atom. The molecule has 0 aromatic carbocycles. The minimum absolute atomic E-state index is 0.178. The quantitative estimate of drug-likeness (QED) is 0.916. The van der Waals surface area contributed by atoms with Crippen LogP contribution in [0.25, 0.3) is 0 Å². The van der Waals surface area contributed by atoms with Crippen molar-refractivity contribution in [1.29, 1.82) is 0 Å². The topological polar surface area (TPSA) is 54.9 Å². The van der Waals surface area contributed by atoms with E-state index in [1.54, 1.807) is 0 Å². The Morgan fingerprint density at radius 3 is 2.72 bits per heavy atom. The van der Waals surface area contributed by atoms with Crippen molar-refractivity contribution in [2.24, 2.45) is 5.92 Å². The Morgan fingerprint density at radius 1 is 1.50 bits per heavy atom. The highest BCUT2D eigenvalue weighted by atomic mass is 35.5. The van der Waals surface area contributed by atoms with Crippen molar-refractivity contribution >= 4 is 17.5 Å². The average molecular weight is 268 g/mol. The number of nitrogens with one attached hydrogen (secondary N) is 1. The van der Waals surface area contributed by atoms with Crippen LogP contribution in [0.4, 0.5) is 0 Å². The van der Waals surface area contributed by atoms with Gasteiger partial charge in [0.2, 0.25) is 0 Å². The first-order valence-electron chi connectivity index (χ1n) is 6.30. The molecule has 18 heavy (non-hydrogen) atoms. The molecule has 0 aliphatic heterocycles. The summed E-state index contributed by atoms with van der Waals surface area (Å²) in [5.74, 6) is 1.33. The zero-order chi connectivity index (χ0) is 13.3. The lowest BCUT2D eigenvalue weighted by atomic mass is 9.82. The van der Waals surface area contributed by atoms with Gasteiger partial charge in [0, 0.05) is 12.0 Å². The van der Waals surface area contributed by atoms with Gasteiger partial charge >= 0.3 is 0 Å². The van der Waals surface area contributed by atoms with Gasteiger partial charge in [0.1, 0.15) is 11.5 Å². The molecule has 5 heteroatoms. The monoisotopic (exact) mass is 267 g/mol. The van der Waals surface area contributed by atoms with Gasteiger partial charge < -0.3 is 5.32 Å². The molecule has 1 saturated carbocycles. The molecule has 98 valence electrons. The Hall–Kier alpha value is -1.16. The van der Waals surface area contributed by atoms with Gasteiger partial charge in [-0.1, -0.05) is 32.4 Å². The largest absolute Gasteiger partial charge is 0.348 e. The fraction of sp³-hybridized carbons (Fsp3) is 0.615. The number of amides is 1. The molecule has 0 saturated heterocycles. The zero-order valence-corrected chi connectivity index (χ0v) is 11.7. The molecule has 0 unspecified atom stereocenters. The molecule has 1 N–H and O–H groups in total. The smallest absolute Gasteiger partial charge is 0.271 e. The molecule has 1 heterocycles. The maximum absolute atomic E-state index is 12.1. The average Bonchev–Trinajstić information content (AvgIpc) is 2.27. The molecular weight excluding hydrogens is 250 g/mol. The minimum Gasteiger partial charge on any atom is -0.348 e. The van der Waals surface area contributed by atoms with Crippen LogP contribution in [-0.4, -0.2) is 21.9 Å². The minimum atomic E-state index is -0.193. The second kappa shape index (κ2) is 5.22. The second-order valence-corrected chi connectivity index (χ2v) is 5.73. The number of nitrogens with zero attached hydrogens (tertiary/aromatic N) is 2. The Kier molecular flexibility index (Phi) is 3.85. The first-order chi connectivity index (χ1) is 8.47. The van der Waals surface area contributed by atoms with E-state index in [0.717, 1.165) is 12.8 Å². The van der Waals surface area contributed by atoms with Crippen LogP contribution in [0.1, 0.15) is 55.8 Å². The van der Waals surface area contributed by atoms with Crippen LogP contribution in [0.3, 0.4) is 0 Å². The number of carbonyl (C=O) groups is 1. The first-order valence-corrected chi connectivity index (χ1v) is 6.68. The van der Waals surface area contributed by atoms with Gasteiger partial charge in [-0.2, -0.15) is 0 Å². The van der Waals surface area contributed by atoms with Gasteiger partial charge in [0.15, 0.2) is 0 Å². The molecule has 2 rings (SSSR count). The van der Waals surface area contributed by atoms with Crippen molar-refractivity contribution in [3.05, 3.63) is 22.7 Å². The van der Waals surface area contributed by atoms with Crippen LogP contribution < -0.4 is 5.32 Å². The van der Waals surface area contributed by atoms with E-state index in [-0.39, 0.29) is 23.6 Å². The van der Waals surface area contributed by atoms with Crippen molar-refractivity contribution in [3.63, 3.8) is 0 Å². The molecule has 0 radical (unpaired) electrons. The van der Waals surface area contributed by atoms with Gasteiger partial charge in [-0.3, -0.25) is 4.79 Å². The number of aromatic nitrogens is 2. The van der Waals surface area contributed by atoms with Crippen molar-refractivity contribution in [2.75, 3.05) is 0 Å². The molecule has 0 atom stereocenters. The van der Waals surface area contributed by atoms with Crippen molar-refractivity contribution in [3.8, 4) is 0 Å². The summed E-state index contributed by atoms with van der Waals surface area (Å²) < 4.78 is 0. The normalized spacial score (nSPS) is 22.7. The van der Waals surface area contributed by atoms with E-state index < -0.39 is 0 Å². The van der Waals surface area contributed by atoms with Crippen LogP contribution in [-0.2, 0) is 0 Å². The molecule has 1 fully saturated rings. The predicted molar refractivity (Wildman–Crippen MR) is 70.8 cm³/mol. The lowest BCUT2D eigenvalue weighted by Gasteiger charge is -2.33. The van der Waals surface area contributed by atoms with Crippen LogP contribution in [0.5, 0.6) is 0 Å². The van der Waals surface area contributed by atoms with Gasteiger partial charge in [0.25, 0.3) is 5.91 Å². The first kappa shape index (κ1) is 13.3. The SMILES string of the molecule is CC1CC(NC(=O)c2nc(C(C)C)ncc2Cl)C1. The standard InChI is InChI=1S/C13H18ClN3O/c1-7(2)12-15-6-10(14)11(17-12)13(18)16-9-4-8(3)5-9/h6-9H,4-5H2,1-3H3,(H,16,18). The van der Waals surface area contributed by atoms with Crippen molar-refractivity contribution in [1.82, 2.24) is 15.3 Å². The van der Waals surface area contributed by atoms with Gasteiger partial charge in [0.05, 0.1) is 11.2 Å². The van der Waals surface area contributed by atoms with E-state index in [9.17, 15) is 4.79 Å². The lowest BCUT2D eigenvalue weighted by molar-refractivity contribution is 0.0890. The molecule has 1 aliphatic rings. The fourth-order valence-electron chi connectivity index (χ4n) is 2.09. The maximum atomic E-state index is 12.1. The van der Waals surface area contributed by atoms with Gasteiger partial charge in [-0.25, -0.2) is 9.97 Å². The van der Waals surface area contributed by atoms with Gasteiger partial charge in [-0.15, -0.1) is 0 Å². The molecule has 1 amide bonds. The summed E-state index contributed by atoms with van der Waals surface area (Å²) in [6.07, 6.45) is 3.57. The third kappa shape index (κ3) is 2.80. The summed E-state index contributed by atoms with van der Waals surface area (Å²) in [4.78, 5) is 20.4. The highest BCUT2D eigenvalue weighted by molar-refractivity contribution is 6.33. The fourth-order valence-corrected chi connectivity index (χ4v) is 2.27. The summed E-state index contributed by atoms with van der Waals surface area (Å²) in [5.41, 5.74) is 0.287. The molecule has 0 spiro atoms. The molecule has 4 nitrogen and oxygen atoms in total. The summed E-state index contributed by atoms with van der Waals surface area (Å²) in [5, 5.41) is 3.27. The van der Waals surface area contributed by atoms with E-state index in [1.165, 1.54) is 6.20 Å². The number of halogens is 1. The van der Waals surface area contributed by atoms with Crippen LogP contribution in [0, 0.1) is 5.92 Å². The van der Waals surface area contributed by atoms with E-state index >= 15 is 0 Å². The summed E-state index contributed by atoms with van der Waals surface area (Å²) in [7, 11) is 0. The van der Waals surface area contributed by atoms with E-state index in [1.807, 2.05) is 13.8 Å². The molecule has 0 bridgehead atoms. The van der Waals surface area contributed by atoms with E-state index in [4.69, 9.17) is 11.6 Å². The number of rotatable bonds is 3. The van der Waals surface area contributed by atoms with Crippen LogP contribution in [0.2, 0.25) is 5.02 Å². The summed E-state index contributed by atoms with van der Waals surface area (Å²) in [6.45, 7) is 6.15. The summed E-state index contributed by atoms with van der Waals surface area (Å²) >= 11 is 5.98. The van der Waals surface area contributed by atoms with Crippen LogP contribution >= 0.6 is 11.6 Å². The van der Waals surface area contributed by atoms with E-state index in [2.05, 4.69) is 22.2 Å². The highest BCUT2D eigenvalue weighted by Crippen LogP contribution is 2.27. The predicted octanol–water partition coefficient (Wildman–Crippen LogP) is 2.78. The molecule has 1 aromatic rings. The molecular formula is C13H18ClN3O. The number of carbonyl (C=O) groups excluding carboxylic acids is 1. The third-order valence-corrected chi connectivity index (χ3v) is 3.48. The zero-order valence-electron chi connectivity index (χ0n) is 10.9. The molecule has 1 aliphatic carbocycles. The number of hydrogen-bond acceptors (Lipinski definition) is 3. The maximum Gasteiger partial charge on any atom is 0.271 e. The summed E-state index contributed by atoms with van der Waals surface area (Å²) in [6, 6.07) is 0.265. The number of hydrogen-bond donors (Lipinski definition) is 1. The lowest BCUT2D eigenvalue weighted by Crippen LogP contribution is -2.43. The van der Waals surface area contributed by atoms with Gasteiger partial charge in [-0.05, 0) is 18.8 Å². The van der Waals surface area contributed by atoms with E-state index in [0.29, 0.717) is 16.8 Å². The third-order valence-electron chi connectivity index (χ3n) is 3.20. The Labute approximate surface area is 112 Å². The van der Waals surface area contributed by atoms with Crippen molar-refractivity contribution in [2.45, 2.75) is 45.6 Å². The highest BCUT2D eigenvalue weighted by Gasteiger charge is 2.28. The Bertz CT molecular complexity index is 456. The Balaban J connectivity index is 2.11. The van der Waals surface area contributed by atoms with Crippen LogP contribution in [0.15, 0.2) is 6.20 Å².